The molecule has 25 N–H and O–H groups in total. The minimum atomic E-state index is -1.55. The second-order valence-corrected chi connectivity index (χ2v) is 39.9. The number of ether oxygens (including phenoxy) is 12. The van der Waals surface area contributed by atoms with Crippen molar-refractivity contribution in [2.24, 2.45) is 142 Å². The summed E-state index contributed by atoms with van der Waals surface area (Å²) >= 11 is 0. The molecule has 0 bridgehead atoms. The number of hydrogen-bond donors (Lipinski definition) is 18. The molecule has 4 fully saturated rings. The summed E-state index contributed by atoms with van der Waals surface area (Å²) in [6.07, 6.45) is 4.17. The number of rotatable bonds is 41. The van der Waals surface area contributed by atoms with E-state index in [0.29, 0.717) is 0 Å². The number of carbonyl (C=O) groups is 13. The summed E-state index contributed by atoms with van der Waals surface area (Å²) in [5.41, 5.74) is 33.2. The summed E-state index contributed by atoms with van der Waals surface area (Å²) in [5.74, 6) is -18.1. The highest BCUT2D eigenvalue weighted by atomic mass is 16.9. The first-order valence-corrected chi connectivity index (χ1v) is 42.5. The second kappa shape index (κ2) is 55.5. The van der Waals surface area contributed by atoms with Crippen molar-refractivity contribution in [3.63, 3.8) is 0 Å². The molecule has 131 heavy (non-hydrogen) atoms. The second-order valence-electron chi connectivity index (χ2n) is 39.9. The Labute approximate surface area is 772 Å². The highest BCUT2D eigenvalue weighted by Gasteiger charge is 2.53. The van der Waals surface area contributed by atoms with Crippen LogP contribution in [0.15, 0.2) is 38.0 Å². The van der Waals surface area contributed by atoms with Gasteiger partial charge in [-0.1, -0.05) is 152 Å². The molecule has 4 aliphatic heterocycles. The van der Waals surface area contributed by atoms with Gasteiger partial charge in [0, 0.05) is 87.9 Å². The fourth-order valence-corrected chi connectivity index (χ4v) is 13.2. The number of hydrogen-bond acceptors (Lipinski definition) is 30. The van der Waals surface area contributed by atoms with Crippen LogP contribution in [0.5, 0.6) is 0 Å². The monoisotopic (exact) mass is 1880 g/mol. The first-order valence-electron chi connectivity index (χ1n) is 42.5. The average Bonchev–Trinajstić information content (AvgIpc) is 0.790. The number of aliphatic hydroxyl groups excluding tert-OH is 5. The number of nitrogens with two attached hydrogens (primary N) is 7. The van der Waals surface area contributed by atoms with Crippen LogP contribution in [-0.2, 0) is 119 Å². The van der Waals surface area contributed by atoms with Crippen molar-refractivity contribution in [3.8, 4) is 0 Å². The van der Waals surface area contributed by atoms with Crippen molar-refractivity contribution >= 4 is 76.9 Å². The molecule has 4 heterocycles. The van der Waals surface area contributed by atoms with E-state index in [1.807, 2.05) is 125 Å². The normalized spacial score (nSPS) is 23.0. The molecule has 6 unspecified atom stereocenters. The maximum Gasteiger partial charge on any atom is 0.300 e. The topological polar surface area (TPSA) is 696 Å². The van der Waals surface area contributed by atoms with Gasteiger partial charge in [-0.2, -0.15) is 0 Å². The quantitative estimate of drug-likeness (QED) is 0.0307. The largest absolute Gasteiger partial charge is 0.481 e. The van der Waals surface area contributed by atoms with E-state index in [9.17, 15) is 57.5 Å². The maximum absolute atomic E-state index is 13.6. The number of primary amides is 7. The van der Waals surface area contributed by atoms with E-state index in [2.05, 4.69) is 52.1 Å². The third-order valence-corrected chi connectivity index (χ3v) is 22.2. The van der Waals surface area contributed by atoms with Crippen LogP contribution < -0.4 is 66.7 Å². The summed E-state index contributed by atoms with van der Waals surface area (Å²) in [7, 11) is 0. The zero-order valence-corrected chi connectivity index (χ0v) is 80.7. The van der Waals surface area contributed by atoms with Crippen molar-refractivity contribution in [1.82, 2.24) is 26.6 Å². The van der Waals surface area contributed by atoms with Gasteiger partial charge < -0.3 is 154 Å². The molecule has 0 radical (unpaired) electrons. The molecule has 4 aliphatic rings. The van der Waals surface area contributed by atoms with Crippen LogP contribution in [0.2, 0.25) is 0 Å². The summed E-state index contributed by atoms with van der Waals surface area (Å²) in [6, 6.07) is 0. The van der Waals surface area contributed by atoms with Crippen LogP contribution in [0, 0.1) is 102 Å². The van der Waals surface area contributed by atoms with Crippen LogP contribution in [0.3, 0.4) is 0 Å². The van der Waals surface area contributed by atoms with Gasteiger partial charge in [-0.15, -0.1) is 0 Å². The zero-order valence-electron chi connectivity index (χ0n) is 80.7. The van der Waals surface area contributed by atoms with Crippen molar-refractivity contribution in [3.05, 3.63) is 38.0 Å². The number of aliphatic hydroxyl groups is 5. The average molecular weight is 1880 g/mol. The van der Waals surface area contributed by atoms with Gasteiger partial charge in [-0.3, -0.25) is 62.3 Å². The highest BCUT2D eigenvalue weighted by Crippen LogP contribution is 2.44. The van der Waals surface area contributed by atoms with Gasteiger partial charge in [0.05, 0.1) is 95.5 Å². The molecule has 12 amide bonds. The lowest BCUT2D eigenvalue weighted by molar-refractivity contribution is -0.457. The molecular weight excluding hydrogens is 1720 g/mol. The first-order chi connectivity index (χ1) is 59.2. The number of aliphatic carboxylic acids is 1. The van der Waals surface area contributed by atoms with Crippen molar-refractivity contribution < 1.29 is 150 Å². The first kappa shape index (κ1) is 127. The van der Waals surface area contributed by atoms with Gasteiger partial charge in [0.15, 0.2) is 0 Å². The minimum Gasteiger partial charge on any atom is -0.481 e. The molecule has 43 heteroatoms. The maximum atomic E-state index is 13.6. The van der Waals surface area contributed by atoms with E-state index in [-0.39, 0.29) is 138 Å². The molecule has 760 valence electrons. The SMILES string of the molecule is C.C=CC(=O)NCOC1(C)OCC2(CO1)COC(C)(OCNC(=O)C=C)OC2.C=CC(N)=O.CC(=O)O.CC(C)(C)C(CC(CC(C(N)=O)C(C)(C)C)C(=O)NCO)C(N)=O.CC1(OCNC(=O)C(CC(C(N)=O)C(C)(C)C)CC(C(N)=O)C(C)(C)C)OCC2(CO1)COC(C)(OCNC(=O)C(CC(C(N)=O)C(C)(C)C)CC(C(N)=O)C(C)(C)C)OC2.OCC(CO)(CO)CO. The van der Waals surface area contributed by atoms with Gasteiger partial charge in [-0.05, 0) is 89.2 Å². The number of carboxylic acids is 1. The smallest absolute Gasteiger partial charge is 0.300 e. The fraction of sp³-hybridized carbons (Fsp3) is 0.784. The minimum absolute atomic E-state index is 0. The van der Waals surface area contributed by atoms with E-state index in [4.69, 9.17) is 127 Å². The number of carboxylic acid groups (broad SMARTS) is 1. The number of nitrogens with one attached hydrogen (secondary N) is 5. The Kier molecular flexibility index (Phi) is 53.7. The summed E-state index contributed by atoms with van der Waals surface area (Å²) in [5, 5.41) is 63.2. The molecule has 43 nitrogen and oxygen atoms in total. The van der Waals surface area contributed by atoms with Crippen LogP contribution in [0.1, 0.15) is 205 Å². The molecule has 2 spiro atoms. The van der Waals surface area contributed by atoms with E-state index < -0.39 is 224 Å². The van der Waals surface area contributed by atoms with Crippen LogP contribution in [0.25, 0.3) is 0 Å². The molecule has 4 rings (SSSR count). The predicted molar refractivity (Wildman–Crippen MR) is 479 cm³/mol. The summed E-state index contributed by atoms with van der Waals surface area (Å²) in [4.78, 5) is 154. The highest BCUT2D eigenvalue weighted by molar-refractivity contribution is 5.88. The molecule has 6 atom stereocenters. The fourth-order valence-electron chi connectivity index (χ4n) is 13.2. The van der Waals surface area contributed by atoms with Crippen LogP contribution in [0.4, 0.5) is 0 Å². The number of carbonyl (C=O) groups excluding carboxylic acids is 12. The molecule has 4 saturated heterocycles. The van der Waals surface area contributed by atoms with Gasteiger partial charge in [0.1, 0.15) is 33.7 Å². The van der Waals surface area contributed by atoms with E-state index in [0.717, 1.165) is 25.2 Å². The predicted octanol–water partition coefficient (Wildman–Crippen LogP) is 2.01. The van der Waals surface area contributed by atoms with Crippen molar-refractivity contribution in [1.29, 1.82) is 0 Å². The van der Waals surface area contributed by atoms with E-state index >= 15 is 0 Å². The molecule has 0 aromatic carbocycles. The summed E-state index contributed by atoms with van der Waals surface area (Å²) < 4.78 is 69.2. The van der Waals surface area contributed by atoms with Crippen LogP contribution >= 0.6 is 0 Å². The lowest BCUT2D eigenvalue weighted by Gasteiger charge is -2.48. The van der Waals surface area contributed by atoms with Crippen molar-refractivity contribution in [2.45, 2.75) is 229 Å². The van der Waals surface area contributed by atoms with Gasteiger partial charge in [0.25, 0.3) is 29.9 Å². The van der Waals surface area contributed by atoms with E-state index in [1.165, 1.54) is 0 Å². The molecular formula is C88H162N12O31. The Morgan fingerprint density at radius 1 is 0.336 bits per heavy atom. The van der Waals surface area contributed by atoms with Gasteiger partial charge >= 0.3 is 0 Å². The van der Waals surface area contributed by atoms with E-state index in [1.54, 1.807) is 27.7 Å². The third kappa shape index (κ3) is 46.9. The lowest BCUT2D eigenvalue weighted by Crippen LogP contribution is -2.59. The molecule has 0 aromatic heterocycles. The standard InChI is InChI=1S/C43H78N6O12.C17H33N3O4.C17H26N2O8.C5H12O4.C3H5NO.C2H4O2.CH4/c1-37(2,3)27(31(44)50)15-25(16-28(32(45)51)38(4,5)6)35(54)48-23-60-41(13)56-19-43(20-57-41)21-58-42(14,59-22-43)61-24-49-36(55)26(17-29(33(46)52)39(7,8)9)18-30(34(47)53)40(10,11)12;1-16(2,3)11(13(18)22)7-10(15(24)20-9-21)8-12(14(19)23)17(4,5)6;1-5-13(20)18-11-26-15(3)22-7-17(8-23-15)9-24-16(4,25-10-17)27-12-19-14(21)6-2;6-1-5(2-7,3-8)4-9;1-2-3(4)5;1-2(3)4;/h25-30H,15-24H2,1-14H3,(H2,44,50)(H2,45,51)(H2,46,52)(H2,47,53)(H,48,54)(H,49,55);10-12,21H,7-9H2,1-6H3,(H2,18,22)(H2,19,23)(H,20,24);5-6H,1-2,7-12H2,3-4H3,(H,18,20)(H,19,21);6-9H,1-4H2;2H,1H2,(H2,4,5);1H3,(H,3,4);1H4. The molecule has 0 aromatic rings. The molecule has 0 saturated carbocycles. The van der Waals surface area contributed by atoms with Gasteiger partial charge in [0.2, 0.25) is 70.9 Å². The number of amides is 12. The third-order valence-electron chi connectivity index (χ3n) is 22.2. The Balaban J connectivity index is -0.00000191. The molecule has 0 aliphatic carbocycles. The Morgan fingerprint density at radius 2 is 0.496 bits per heavy atom. The Bertz CT molecular complexity index is 3340. The van der Waals surface area contributed by atoms with Gasteiger partial charge in [-0.25, -0.2) is 0 Å². The summed E-state index contributed by atoms with van der Waals surface area (Å²) in [6.45, 7) is 49.4. The lowest BCUT2D eigenvalue weighted by atomic mass is 9.70. The zero-order chi connectivity index (χ0) is 102. The Morgan fingerprint density at radius 3 is 0.618 bits per heavy atom. The van der Waals surface area contributed by atoms with Crippen LogP contribution in [-0.4, -0.2) is 244 Å². The Hall–Kier alpha value is -8.35. The van der Waals surface area contributed by atoms with Crippen molar-refractivity contribution in [2.75, 3.05) is 113 Å².